The first-order valence-electron chi connectivity index (χ1n) is 19.4. The first-order chi connectivity index (χ1) is 27.1. The molecule has 0 amide bonds. The lowest BCUT2D eigenvalue weighted by Gasteiger charge is -2.64. The van der Waals surface area contributed by atoms with E-state index in [0.717, 1.165) is 16.3 Å². The first kappa shape index (κ1) is 38.9. The normalized spacial score (nSPS) is 28.2. The van der Waals surface area contributed by atoms with Crippen LogP contribution in [0.15, 0.2) is 107 Å². The van der Waals surface area contributed by atoms with Crippen LogP contribution in [0, 0.1) is 34.5 Å². The number of methoxy groups -OCH3 is 1. The topological polar surface area (TPSA) is 141 Å². The number of nitrogens with zero attached hydrogens (tertiary/aromatic N) is 2. The van der Waals surface area contributed by atoms with E-state index in [1.54, 1.807) is 62.0 Å². The van der Waals surface area contributed by atoms with E-state index >= 15 is 0 Å². The van der Waals surface area contributed by atoms with Gasteiger partial charge in [0.2, 0.25) is 0 Å². The molecular formula is C46H48N2O8. The molecule has 2 saturated carbocycles. The molecule has 3 aliphatic rings. The maximum absolute atomic E-state index is 13.8. The van der Waals surface area contributed by atoms with Gasteiger partial charge < -0.3 is 28.5 Å². The largest absolute Gasteiger partial charge is 0.482 e. The number of ether oxygens (including phenoxy) is 4. The third-order valence-corrected chi connectivity index (χ3v) is 12.4. The van der Waals surface area contributed by atoms with Crippen molar-refractivity contribution >= 4 is 16.7 Å². The summed E-state index contributed by atoms with van der Waals surface area (Å²) in [6, 6.07) is 27.7. The van der Waals surface area contributed by atoms with E-state index in [2.05, 4.69) is 43.1 Å². The highest BCUT2D eigenvalue weighted by atomic mass is 16.7. The number of benzene rings is 3. The van der Waals surface area contributed by atoms with Gasteiger partial charge in [0.15, 0.2) is 6.29 Å². The van der Waals surface area contributed by atoms with Gasteiger partial charge in [0.05, 0.1) is 29.4 Å². The van der Waals surface area contributed by atoms with Crippen LogP contribution in [0.4, 0.5) is 0 Å². The Hall–Kier alpha value is -5.34. The third kappa shape index (κ3) is 6.68. The summed E-state index contributed by atoms with van der Waals surface area (Å²) in [7, 11) is 1.65. The summed E-state index contributed by atoms with van der Waals surface area (Å²) in [5, 5.41) is 23.9. The first-order valence-corrected chi connectivity index (χ1v) is 19.4. The molecule has 10 nitrogen and oxygen atoms in total. The Morgan fingerprint density at radius 1 is 1.04 bits per heavy atom. The van der Waals surface area contributed by atoms with Crippen LogP contribution in [0.5, 0.6) is 5.75 Å². The lowest BCUT2D eigenvalue weighted by atomic mass is 9.46. The molecule has 8 rings (SSSR count). The molecule has 3 heterocycles. The second kappa shape index (κ2) is 15.7. The average Bonchev–Trinajstić information content (AvgIpc) is 3.22. The van der Waals surface area contributed by atoms with Crippen molar-refractivity contribution in [3.8, 4) is 23.1 Å². The van der Waals surface area contributed by atoms with Crippen LogP contribution in [0.1, 0.15) is 93.3 Å². The minimum absolute atomic E-state index is 0.0468. The molecule has 5 aromatic rings. The van der Waals surface area contributed by atoms with Crippen LogP contribution in [0.25, 0.3) is 22.1 Å². The van der Waals surface area contributed by atoms with Crippen LogP contribution in [0.2, 0.25) is 0 Å². The molecule has 3 aromatic carbocycles. The summed E-state index contributed by atoms with van der Waals surface area (Å²) in [4.78, 5) is 31.7. The Kier molecular flexibility index (Phi) is 10.9. The Balaban J connectivity index is 0.00000237. The quantitative estimate of drug-likeness (QED) is 0.126. The molecule has 2 aliphatic carbocycles. The van der Waals surface area contributed by atoms with Gasteiger partial charge in [-0.3, -0.25) is 4.98 Å². The zero-order valence-electron chi connectivity index (χ0n) is 32.6. The van der Waals surface area contributed by atoms with E-state index in [1.165, 1.54) is 0 Å². The molecule has 56 heavy (non-hydrogen) atoms. The number of hydrogen-bond acceptors (Lipinski definition) is 10. The summed E-state index contributed by atoms with van der Waals surface area (Å²) < 4.78 is 31.9. The maximum atomic E-state index is 13.8. The number of nitriles is 1. The zero-order valence-corrected chi connectivity index (χ0v) is 32.6. The number of carbonyl (C=O) groups excluding carboxylic acids is 1. The van der Waals surface area contributed by atoms with Gasteiger partial charge in [-0.2, -0.15) is 5.26 Å². The molecule has 1 N–H and O–H groups in total. The summed E-state index contributed by atoms with van der Waals surface area (Å²) in [5.41, 5.74) is -0.241. The van der Waals surface area contributed by atoms with Crippen molar-refractivity contribution in [3.05, 3.63) is 130 Å². The number of pyridine rings is 1. The molecular weight excluding hydrogens is 709 g/mol. The van der Waals surface area contributed by atoms with Crippen molar-refractivity contribution in [2.24, 2.45) is 23.2 Å². The minimum Gasteiger partial charge on any atom is -0.482 e. The second-order valence-electron chi connectivity index (χ2n) is 15.3. The van der Waals surface area contributed by atoms with Crippen molar-refractivity contribution in [1.82, 2.24) is 4.98 Å². The second-order valence-corrected chi connectivity index (χ2v) is 15.3. The predicted octanol–water partition coefficient (Wildman–Crippen LogP) is 8.97. The minimum atomic E-state index is -1.28. The molecule has 0 radical (unpaired) electrons. The van der Waals surface area contributed by atoms with Crippen LogP contribution >= 0.6 is 0 Å². The van der Waals surface area contributed by atoms with Gasteiger partial charge in [-0.25, -0.2) is 9.59 Å². The molecule has 290 valence electrons. The van der Waals surface area contributed by atoms with Gasteiger partial charge in [0.25, 0.3) is 0 Å². The van der Waals surface area contributed by atoms with Gasteiger partial charge in [-0.1, -0.05) is 70.2 Å². The van der Waals surface area contributed by atoms with Crippen LogP contribution in [-0.2, 0) is 14.2 Å². The molecule has 1 aliphatic heterocycles. The van der Waals surface area contributed by atoms with E-state index in [9.17, 15) is 20.0 Å². The highest BCUT2D eigenvalue weighted by Crippen LogP contribution is 2.65. The number of rotatable bonds is 7. The molecule has 9 atom stereocenters. The van der Waals surface area contributed by atoms with E-state index in [1.807, 2.05) is 45.0 Å². The van der Waals surface area contributed by atoms with Crippen LogP contribution in [0.3, 0.4) is 0 Å². The number of hydrogen-bond donors (Lipinski definition) is 1. The van der Waals surface area contributed by atoms with Crippen molar-refractivity contribution in [2.45, 2.75) is 84.1 Å². The molecule has 0 spiro atoms. The number of esters is 1. The highest BCUT2D eigenvalue weighted by Gasteiger charge is 2.68. The summed E-state index contributed by atoms with van der Waals surface area (Å²) in [5.74, 6) is -1.01. The Morgan fingerprint density at radius 3 is 2.50 bits per heavy atom. The van der Waals surface area contributed by atoms with Gasteiger partial charge >= 0.3 is 11.6 Å². The van der Waals surface area contributed by atoms with Crippen molar-refractivity contribution in [3.63, 3.8) is 0 Å². The van der Waals surface area contributed by atoms with E-state index in [4.69, 9.17) is 23.4 Å². The van der Waals surface area contributed by atoms with Gasteiger partial charge in [0, 0.05) is 42.6 Å². The Labute approximate surface area is 327 Å². The molecule has 9 unspecified atom stereocenters. The van der Waals surface area contributed by atoms with Crippen LogP contribution in [-0.4, -0.2) is 41.0 Å². The van der Waals surface area contributed by atoms with Crippen molar-refractivity contribution < 1.29 is 33.3 Å². The Bertz CT molecular complexity index is 2300. The van der Waals surface area contributed by atoms with Crippen molar-refractivity contribution in [1.29, 1.82) is 5.26 Å². The zero-order chi connectivity index (χ0) is 39.8. The predicted molar refractivity (Wildman–Crippen MR) is 211 cm³/mol. The van der Waals surface area contributed by atoms with E-state index < -0.39 is 47.0 Å². The van der Waals surface area contributed by atoms with E-state index in [0.29, 0.717) is 30.4 Å². The molecule has 2 fully saturated rings. The number of aliphatic hydroxyl groups excluding tert-OH is 1. The molecule has 0 saturated heterocycles. The molecule has 0 bridgehead atoms. The number of fused-ring (bicyclic) bond motifs is 5. The Morgan fingerprint density at radius 2 is 1.79 bits per heavy atom. The van der Waals surface area contributed by atoms with Gasteiger partial charge in [-0.05, 0) is 90.6 Å². The fraction of sp³-hybridized carbons (Fsp3) is 0.391. The highest BCUT2D eigenvalue weighted by molar-refractivity contribution is 5.89. The average molecular weight is 757 g/mol. The molecule has 10 heteroatoms. The SMILES string of the molecule is CC.COC(OC1CCC2(C)C(CC(OC(=O)c3ccc(C#N)cc3)C3(C)Oc4cc(-c5cccnc5)oc(=O)c4C(O)C23)C1C)c1cccc2ccccc12. The molecule has 2 aromatic heterocycles. The summed E-state index contributed by atoms with van der Waals surface area (Å²) >= 11 is 0. The lowest BCUT2D eigenvalue weighted by Crippen LogP contribution is -2.69. The monoisotopic (exact) mass is 756 g/mol. The fourth-order valence-electron chi connectivity index (χ4n) is 9.75. The summed E-state index contributed by atoms with van der Waals surface area (Å²) in [6.45, 7) is 10.2. The number of carbonyl (C=O) groups is 1. The smallest absolute Gasteiger partial charge is 0.345 e. The van der Waals surface area contributed by atoms with Crippen molar-refractivity contribution in [2.75, 3.05) is 7.11 Å². The summed E-state index contributed by atoms with van der Waals surface area (Å²) in [6.07, 6.45) is 1.95. The van der Waals surface area contributed by atoms with Crippen LogP contribution < -0.4 is 10.4 Å². The van der Waals surface area contributed by atoms with E-state index in [-0.39, 0.29) is 40.6 Å². The third-order valence-electron chi connectivity index (χ3n) is 12.4. The lowest BCUT2D eigenvalue weighted by molar-refractivity contribution is -0.258. The van der Waals surface area contributed by atoms with Gasteiger partial charge in [-0.15, -0.1) is 0 Å². The standard InChI is InChI=1S/C44H42N2O8.C2H6/c1-25-32-21-36(53-40(48)28-16-14-26(23-45)15-17-28)44(3)39(38(47)37-35(54-44)22-34(51-41(37)49)29-11-8-20-46-24-29)43(32,2)19-18-33(25)52-42(50-4)31-13-7-10-27-9-5-6-12-30(27)31;1-2/h5-17,20,22,24-25,32-33,36,38-39,42,47H,18-19,21H2,1-4H3;1-2H3. The number of aliphatic hydroxyl groups is 1. The fourth-order valence-corrected chi connectivity index (χ4v) is 9.75. The number of aromatic nitrogens is 1. The van der Waals surface area contributed by atoms with Gasteiger partial charge in [0.1, 0.15) is 28.8 Å². The maximum Gasteiger partial charge on any atom is 0.345 e.